The standard InChI is InChI=1S/C27H24N2O3/c30-27(31)10-6-18-5-9-26(23(15-18)19-7-8-24-20(16-19)11-13-28-24)32-14-12-21-17-29-25-4-2-1-3-22(21)25/h1-5,7-9,11,13,15-17,28-29H,6,10,12,14H2,(H,30,31). The molecular formula is C27H24N2O3. The second kappa shape index (κ2) is 8.63. The molecule has 0 spiro atoms. The number of carbonyl (C=O) groups is 1. The summed E-state index contributed by atoms with van der Waals surface area (Å²) in [6.07, 6.45) is 5.36. The molecule has 0 aliphatic rings. The van der Waals surface area contributed by atoms with Gasteiger partial charge < -0.3 is 19.8 Å². The molecule has 3 N–H and O–H groups in total. The van der Waals surface area contributed by atoms with Gasteiger partial charge in [-0.3, -0.25) is 4.79 Å². The van der Waals surface area contributed by atoms with Gasteiger partial charge in [0.1, 0.15) is 5.75 Å². The Morgan fingerprint density at radius 2 is 1.81 bits per heavy atom. The fraction of sp³-hybridized carbons (Fsp3) is 0.148. The van der Waals surface area contributed by atoms with Gasteiger partial charge in [-0.2, -0.15) is 0 Å². The number of aliphatic carboxylic acids is 1. The molecule has 5 rings (SSSR count). The summed E-state index contributed by atoms with van der Waals surface area (Å²) in [7, 11) is 0. The summed E-state index contributed by atoms with van der Waals surface area (Å²) in [5, 5.41) is 11.4. The molecule has 0 bridgehead atoms. The number of aromatic nitrogens is 2. The summed E-state index contributed by atoms with van der Waals surface area (Å²) >= 11 is 0. The molecule has 32 heavy (non-hydrogen) atoms. The molecule has 0 aliphatic heterocycles. The molecule has 160 valence electrons. The highest BCUT2D eigenvalue weighted by Crippen LogP contribution is 2.33. The molecule has 0 saturated carbocycles. The lowest BCUT2D eigenvalue weighted by molar-refractivity contribution is -0.136. The maximum atomic E-state index is 11.0. The van der Waals surface area contributed by atoms with Gasteiger partial charge in [0.2, 0.25) is 0 Å². The van der Waals surface area contributed by atoms with E-state index in [0.717, 1.165) is 45.3 Å². The SMILES string of the molecule is O=C(O)CCc1ccc(OCCc2c[nH]c3ccccc23)c(-c2ccc3[nH]ccc3c2)c1. The van der Waals surface area contributed by atoms with E-state index in [-0.39, 0.29) is 6.42 Å². The fourth-order valence-corrected chi connectivity index (χ4v) is 4.17. The van der Waals surface area contributed by atoms with Crippen molar-refractivity contribution in [1.29, 1.82) is 0 Å². The van der Waals surface area contributed by atoms with Crippen LogP contribution in [0.15, 0.2) is 79.1 Å². The third-order valence-corrected chi connectivity index (χ3v) is 5.84. The lowest BCUT2D eigenvalue weighted by Crippen LogP contribution is -2.03. The van der Waals surface area contributed by atoms with E-state index in [2.05, 4.69) is 46.4 Å². The van der Waals surface area contributed by atoms with Crippen molar-refractivity contribution in [2.24, 2.45) is 0 Å². The molecule has 0 aliphatic carbocycles. The Hall–Kier alpha value is -3.99. The van der Waals surface area contributed by atoms with Gasteiger partial charge in [0, 0.05) is 47.2 Å². The number of benzene rings is 3. The molecule has 5 heteroatoms. The van der Waals surface area contributed by atoms with Crippen LogP contribution in [0, 0.1) is 0 Å². The number of aromatic amines is 2. The molecule has 5 aromatic rings. The summed E-state index contributed by atoms with van der Waals surface area (Å²) in [5.74, 6) is 0.0122. The highest BCUT2D eigenvalue weighted by molar-refractivity contribution is 5.86. The van der Waals surface area contributed by atoms with Crippen LogP contribution in [0.5, 0.6) is 5.75 Å². The van der Waals surface area contributed by atoms with Crippen molar-refractivity contribution in [2.75, 3.05) is 6.61 Å². The third kappa shape index (κ3) is 4.10. The molecule has 0 atom stereocenters. The van der Waals surface area contributed by atoms with E-state index in [1.807, 2.05) is 42.7 Å². The Balaban J connectivity index is 1.41. The van der Waals surface area contributed by atoms with Gasteiger partial charge in [-0.15, -0.1) is 0 Å². The van der Waals surface area contributed by atoms with Crippen molar-refractivity contribution < 1.29 is 14.6 Å². The zero-order valence-corrected chi connectivity index (χ0v) is 17.6. The van der Waals surface area contributed by atoms with Crippen molar-refractivity contribution >= 4 is 27.8 Å². The number of carboxylic acids is 1. The highest BCUT2D eigenvalue weighted by Gasteiger charge is 2.11. The lowest BCUT2D eigenvalue weighted by atomic mass is 9.99. The van der Waals surface area contributed by atoms with E-state index < -0.39 is 5.97 Å². The summed E-state index contributed by atoms with van der Waals surface area (Å²) < 4.78 is 6.25. The maximum absolute atomic E-state index is 11.0. The largest absolute Gasteiger partial charge is 0.493 e. The van der Waals surface area contributed by atoms with Gasteiger partial charge in [0.05, 0.1) is 6.61 Å². The first-order chi connectivity index (χ1) is 15.7. The minimum absolute atomic E-state index is 0.108. The molecule has 0 fully saturated rings. The minimum atomic E-state index is -0.792. The van der Waals surface area contributed by atoms with Crippen LogP contribution < -0.4 is 4.74 Å². The van der Waals surface area contributed by atoms with Crippen LogP contribution in [0.25, 0.3) is 32.9 Å². The summed E-state index contributed by atoms with van der Waals surface area (Å²) in [6, 6.07) is 22.6. The molecule has 5 nitrogen and oxygen atoms in total. The van der Waals surface area contributed by atoms with Gasteiger partial charge >= 0.3 is 5.97 Å². The van der Waals surface area contributed by atoms with E-state index in [1.165, 1.54) is 10.9 Å². The van der Waals surface area contributed by atoms with Crippen molar-refractivity contribution in [3.63, 3.8) is 0 Å². The molecule has 0 saturated heterocycles. The number of ether oxygens (including phenoxy) is 1. The van der Waals surface area contributed by atoms with Gasteiger partial charge in [0.25, 0.3) is 0 Å². The van der Waals surface area contributed by atoms with Crippen molar-refractivity contribution in [2.45, 2.75) is 19.3 Å². The molecule has 0 unspecified atom stereocenters. The summed E-state index contributed by atoms with van der Waals surface area (Å²) in [5.41, 5.74) is 6.46. The molecule has 0 radical (unpaired) electrons. The monoisotopic (exact) mass is 424 g/mol. The third-order valence-electron chi connectivity index (χ3n) is 5.84. The van der Waals surface area contributed by atoms with Gasteiger partial charge in [-0.05, 0) is 64.9 Å². The molecule has 0 amide bonds. The van der Waals surface area contributed by atoms with Gasteiger partial charge in [-0.1, -0.05) is 30.3 Å². The first-order valence-corrected chi connectivity index (χ1v) is 10.8. The average molecular weight is 425 g/mol. The lowest BCUT2D eigenvalue weighted by Gasteiger charge is -2.14. The normalized spacial score (nSPS) is 11.2. The van der Waals surface area contributed by atoms with Crippen LogP contribution in [0.3, 0.4) is 0 Å². The Labute approximate surface area is 185 Å². The number of hydrogen-bond acceptors (Lipinski definition) is 2. The Kier molecular flexibility index (Phi) is 5.38. The van der Waals surface area contributed by atoms with Crippen LogP contribution in [-0.4, -0.2) is 27.7 Å². The number of aryl methyl sites for hydroxylation is 1. The second-order valence-corrected chi connectivity index (χ2v) is 7.96. The maximum Gasteiger partial charge on any atom is 0.303 e. The molecule has 2 heterocycles. The zero-order chi connectivity index (χ0) is 21.9. The molecular weight excluding hydrogens is 400 g/mol. The van der Waals surface area contributed by atoms with E-state index in [0.29, 0.717) is 13.0 Å². The van der Waals surface area contributed by atoms with Crippen LogP contribution in [0.1, 0.15) is 17.5 Å². The van der Waals surface area contributed by atoms with Gasteiger partial charge in [-0.25, -0.2) is 0 Å². The van der Waals surface area contributed by atoms with E-state index in [9.17, 15) is 4.79 Å². The molecule has 3 aromatic carbocycles. The topological polar surface area (TPSA) is 78.1 Å². The average Bonchev–Trinajstić information content (AvgIpc) is 3.45. The number of carboxylic acid groups (broad SMARTS) is 1. The van der Waals surface area contributed by atoms with Crippen LogP contribution >= 0.6 is 0 Å². The van der Waals surface area contributed by atoms with Crippen molar-refractivity contribution in [3.8, 4) is 16.9 Å². The van der Waals surface area contributed by atoms with Crippen molar-refractivity contribution in [1.82, 2.24) is 9.97 Å². The van der Waals surface area contributed by atoms with Gasteiger partial charge in [0.15, 0.2) is 0 Å². The number of H-pyrrole nitrogens is 2. The predicted octanol–water partition coefficient (Wildman–Crippen LogP) is 5.95. The van der Waals surface area contributed by atoms with E-state index >= 15 is 0 Å². The number of hydrogen-bond donors (Lipinski definition) is 3. The summed E-state index contributed by atoms with van der Waals surface area (Å²) in [4.78, 5) is 17.6. The first kappa shape index (κ1) is 19.9. The molecule has 2 aromatic heterocycles. The number of rotatable bonds is 8. The number of nitrogens with one attached hydrogen (secondary N) is 2. The van der Waals surface area contributed by atoms with E-state index in [1.54, 1.807) is 0 Å². The summed E-state index contributed by atoms with van der Waals surface area (Å²) in [6.45, 7) is 0.551. The quantitative estimate of drug-likeness (QED) is 0.288. The smallest absolute Gasteiger partial charge is 0.303 e. The highest BCUT2D eigenvalue weighted by atomic mass is 16.5. The fourth-order valence-electron chi connectivity index (χ4n) is 4.17. The van der Waals surface area contributed by atoms with Crippen LogP contribution in [-0.2, 0) is 17.6 Å². The zero-order valence-electron chi connectivity index (χ0n) is 17.6. The second-order valence-electron chi connectivity index (χ2n) is 7.96. The Bertz CT molecular complexity index is 1400. The van der Waals surface area contributed by atoms with Crippen LogP contribution in [0.2, 0.25) is 0 Å². The van der Waals surface area contributed by atoms with E-state index in [4.69, 9.17) is 9.84 Å². The Morgan fingerprint density at radius 1 is 0.906 bits per heavy atom. The Morgan fingerprint density at radius 3 is 2.72 bits per heavy atom. The minimum Gasteiger partial charge on any atom is -0.493 e. The van der Waals surface area contributed by atoms with Crippen molar-refractivity contribution in [3.05, 3.63) is 90.3 Å². The number of fused-ring (bicyclic) bond motifs is 2. The number of para-hydroxylation sites is 1. The van der Waals surface area contributed by atoms with Crippen LogP contribution in [0.4, 0.5) is 0 Å². The first-order valence-electron chi connectivity index (χ1n) is 10.8. The predicted molar refractivity (Wildman–Crippen MR) is 127 cm³/mol.